The highest BCUT2D eigenvalue weighted by Gasteiger charge is 2.39. The molecule has 1 aliphatic carbocycles. The van der Waals surface area contributed by atoms with Gasteiger partial charge in [0.1, 0.15) is 5.60 Å². The zero-order valence-electron chi connectivity index (χ0n) is 8.89. The third-order valence-corrected chi connectivity index (χ3v) is 3.55. The van der Waals surface area contributed by atoms with E-state index in [9.17, 15) is 10.2 Å². The normalized spacial score (nSPS) is 21.5. The second-order valence-electron chi connectivity index (χ2n) is 4.43. The van der Waals surface area contributed by atoms with Gasteiger partial charge in [0.15, 0.2) is 0 Å². The van der Waals surface area contributed by atoms with Gasteiger partial charge < -0.3 is 10.2 Å². The lowest BCUT2D eigenvalue weighted by molar-refractivity contribution is -0.0661. The molecule has 0 amide bonds. The van der Waals surface area contributed by atoms with Gasteiger partial charge in [0.05, 0.1) is 6.61 Å². The maximum absolute atomic E-state index is 10.5. The van der Waals surface area contributed by atoms with Gasteiger partial charge in [-0.1, -0.05) is 43.2 Å². The van der Waals surface area contributed by atoms with Gasteiger partial charge in [-0.25, -0.2) is 0 Å². The Kier molecular flexibility index (Phi) is 3.08. The molecule has 2 heteroatoms. The average Bonchev–Trinajstić information content (AvgIpc) is 2.83. The van der Waals surface area contributed by atoms with Gasteiger partial charge in [-0.15, -0.1) is 0 Å². The molecule has 0 heterocycles. The molecule has 15 heavy (non-hydrogen) atoms. The number of benzene rings is 1. The summed E-state index contributed by atoms with van der Waals surface area (Å²) in [5.74, 6) is 0.213. The Bertz CT molecular complexity index is 304. The molecular weight excluding hydrogens is 188 g/mol. The van der Waals surface area contributed by atoms with Crippen molar-refractivity contribution < 1.29 is 10.2 Å². The van der Waals surface area contributed by atoms with Gasteiger partial charge in [0.2, 0.25) is 0 Å². The van der Waals surface area contributed by atoms with E-state index in [0.29, 0.717) is 0 Å². The Morgan fingerprint density at radius 1 is 1.13 bits per heavy atom. The highest BCUT2D eigenvalue weighted by molar-refractivity contribution is 5.23. The Hall–Kier alpha value is -0.860. The van der Waals surface area contributed by atoms with Crippen LogP contribution in [0.15, 0.2) is 30.3 Å². The second kappa shape index (κ2) is 4.33. The van der Waals surface area contributed by atoms with Gasteiger partial charge in [-0.2, -0.15) is 0 Å². The summed E-state index contributed by atoms with van der Waals surface area (Å²) in [7, 11) is 0. The van der Waals surface area contributed by atoms with E-state index >= 15 is 0 Å². The first-order valence-corrected chi connectivity index (χ1v) is 5.66. The quantitative estimate of drug-likeness (QED) is 0.794. The van der Waals surface area contributed by atoms with Crippen LogP contribution in [0.2, 0.25) is 0 Å². The van der Waals surface area contributed by atoms with Crippen LogP contribution in [-0.2, 0) is 5.60 Å². The minimum atomic E-state index is -1.03. The number of aliphatic hydroxyl groups excluding tert-OH is 1. The van der Waals surface area contributed by atoms with E-state index < -0.39 is 5.60 Å². The fraction of sp³-hybridized carbons (Fsp3) is 0.538. The van der Waals surface area contributed by atoms with Crippen molar-refractivity contribution in [3.05, 3.63) is 35.9 Å². The summed E-state index contributed by atoms with van der Waals surface area (Å²) in [6, 6.07) is 9.54. The van der Waals surface area contributed by atoms with Gasteiger partial charge in [-0.3, -0.25) is 0 Å². The molecule has 1 saturated carbocycles. The highest BCUT2D eigenvalue weighted by Crippen LogP contribution is 2.40. The van der Waals surface area contributed by atoms with Gasteiger partial charge >= 0.3 is 0 Å². The van der Waals surface area contributed by atoms with E-state index in [0.717, 1.165) is 18.4 Å². The molecule has 1 aromatic rings. The molecule has 0 spiro atoms. The van der Waals surface area contributed by atoms with Crippen LogP contribution in [0, 0.1) is 5.92 Å². The van der Waals surface area contributed by atoms with Crippen molar-refractivity contribution in [3.8, 4) is 0 Å². The lowest BCUT2D eigenvalue weighted by atomic mass is 9.81. The number of hydrogen-bond donors (Lipinski definition) is 2. The molecular formula is C13H18O2. The smallest absolute Gasteiger partial charge is 0.115 e. The SMILES string of the molecule is OC[C@@](O)(c1ccccc1)C1CCCC1. The summed E-state index contributed by atoms with van der Waals surface area (Å²) in [6.45, 7) is -0.179. The van der Waals surface area contributed by atoms with E-state index in [1.54, 1.807) is 0 Å². The summed E-state index contributed by atoms with van der Waals surface area (Å²) in [4.78, 5) is 0. The van der Waals surface area contributed by atoms with Gasteiger partial charge in [0, 0.05) is 0 Å². The molecule has 1 fully saturated rings. The second-order valence-corrected chi connectivity index (χ2v) is 4.43. The lowest BCUT2D eigenvalue weighted by Gasteiger charge is -2.32. The average molecular weight is 206 g/mol. The summed E-state index contributed by atoms with van der Waals surface area (Å²) >= 11 is 0. The zero-order chi connectivity index (χ0) is 10.7. The largest absolute Gasteiger partial charge is 0.393 e. The van der Waals surface area contributed by atoms with Crippen LogP contribution in [0.4, 0.5) is 0 Å². The lowest BCUT2D eigenvalue weighted by Crippen LogP contribution is -2.37. The fourth-order valence-corrected chi connectivity index (χ4v) is 2.59. The first kappa shape index (κ1) is 10.7. The third kappa shape index (κ3) is 1.92. The van der Waals surface area contributed by atoms with Crippen molar-refractivity contribution in [3.63, 3.8) is 0 Å². The van der Waals surface area contributed by atoms with Crippen molar-refractivity contribution in [2.45, 2.75) is 31.3 Å². The maximum Gasteiger partial charge on any atom is 0.115 e. The van der Waals surface area contributed by atoms with E-state index in [2.05, 4.69) is 0 Å². The topological polar surface area (TPSA) is 40.5 Å². The molecule has 0 unspecified atom stereocenters. The molecule has 82 valence electrons. The highest BCUT2D eigenvalue weighted by atomic mass is 16.3. The molecule has 0 saturated heterocycles. The van der Waals surface area contributed by atoms with Crippen molar-refractivity contribution in [1.29, 1.82) is 0 Å². The first-order valence-electron chi connectivity index (χ1n) is 5.66. The van der Waals surface area contributed by atoms with E-state index in [1.807, 2.05) is 30.3 Å². The molecule has 0 radical (unpaired) electrons. The molecule has 2 nitrogen and oxygen atoms in total. The van der Waals surface area contributed by atoms with Crippen LogP contribution in [-0.4, -0.2) is 16.8 Å². The van der Waals surface area contributed by atoms with E-state index in [-0.39, 0.29) is 12.5 Å². The first-order chi connectivity index (χ1) is 7.27. The monoisotopic (exact) mass is 206 g/mol. The number of rotatable bonds is 3. The van der Waals surface area contributed by atoms with Crippen LogP contribution in [0.1, 0.15) is 31.2 Å². The summed E-state index contributed by atoms with van der Waals surface area (Å²) < 4.78 is 0. The van der Waals surface area contributed by atoms with Gasteiger partial charge in [-0.05, 0) is 24.3 Å². The molecule has 1 aliphatic rings. The van der Waals surface area contributed by atoms with Crippen LogP contribution in [0.5, 0.6) is 0 Å². The predicted molar refractivity (Wildman–Crippen MR) is 59.4 cm³/mol. The maximum atomic E-state index is 10.5. The molecule has 0 aliphatic heterocycles. The minimum Gasteiger partial charge on any atom is -0.393 e. The Morgan fingerprint density at radius 2 is 1.73 bits per heavy atom. The molecule has 0 bridgehead atoms. The molecule has 2 rings (SSSR count). The summed E-state index contributed by atoms with van der Waals surface area (Å²) in [5.41, 5.74) is -0.183. The number of hydrogen-bond acceptors (Lipinski definition) is 2. The van der Waals surface area contributed by atoms with Crippen LogP contribution >= 0.6 is 0 Å². The number of aliphatic hydroxyl groups is 2. The Morgan fingerprint density at radius 3 is 2.27 bits per heavy atom. The van der Waals surface area contributed by atoms with Crippen LogP contribution in [0.3, 0.4) is 0 Å². The van der Waals surface area contributed by atoms with Crippen molar-refractivity contribution in [1.82, 2.24) is 0 Å². The third-order valence-electron chi connectivity index (χ3n) is 3.55. The fourth-order valence-electron chi connectivity index (χ4n) is 2.59. The molecule has 1 atom stereocenters. The summed E-state index contributed by atoms with van der Waals surface area (Å²) in [5, 5.41) is 20.0. The van der Waals surface area contributed by atoms with Crippen molar-refractivity contribution in [2.24, 2.45) is 5.92 Å². The van der Waals surface area contributed by atoms with Crippen molar-refractivity contribution >= 4 is 0 Å². The van der Waals surface area contributed by atoms with Gasteiger partial charge in [0.25, 0.3) is 0 Å². The van der Waals surface area contributed by atoms with Crippen LogP contribution < -0.4 is 0 Å². The Balaban J connectivity index is 2.28. The van der Waals surface area contributed by atoms with E-state index in [1.165, 1.54) is 12.8 Å². The minimum absolute atomic E-state index is 0.179. The van der Waals surface area contributed by atoms with Crippen molar-refractivity contribution in [2.75, 3.05) is 6.61 Å². The van der Waals surface area contributed by atoms with Crippen LogP contribution in [0.25, 0.3) is 0 Å². The molecule has 1 aromatic carbocycles. The standard InChI is InChI=1S/C13H18O2/c14-10-13(15,12-8-4-5-9-12)11-6-2-1-3-7-11/h1-3,6-7,12,14-15H,4-5,8-10H2/t13-/m1/s1. The summed E-state index contributed by atoms with van der Waals surface area (Å²) in [6.07, 6.45) is 4.37. The molecule has 0 aromatic heterocycles. The Labute approximate surface area is 90.6 Å². The predicted octanol–water partition coefficient (Wildman–Crippen LogP) is 2.06. The zero-order valence-corrected chi connectivity index (χ0v) is 8.89. The molecule has 2 N–H and O–H groups in total. The van der Waals surface area contributed by atoms with E-state index in [4.69, 9.17) is 0 Å².